The lowest BCUT2D eigenvalue weighted by Crippen LogP contribution is -2.53. The maximum Gasteiger partial charge on any atom is 0.316 e. The highest BCUT2D eigenvalue weighted by Crippen LogP contribution is 2.33. The summed E-state index contributed by atoms with van der Waals surface area (Å²) in [6.45, 7) is 2.53. The van der Waals surface area contributed by atoms with Crippen LogP contribution in [-0.2, 0) is 27.3 Å². The van der Waals surface area contributed by atoms with Crippen molar-refractivity contribution in [1.82, 2.24) is 25.4 Å². The van der Waals surface area contributed by atoms with Gasteiger partial charge in [-0.15, -0.1) is 10.2 Å². The van der Waals surface area contributed by atoms with E-state index in [1.807, 2.05) is 4.57 Å². The molecular weight excluding hydrogens is 400 g/mol. The van der Waals surface area contributed by atoms with Crippen LogP contribution in [0.25, 0.3) is 0 Å². The Bertz CT molecular complexity index is 1000. The average Bonchev–Trinajstić information content (AvgIpc) is 3.05. The molecule has 0 radical (unpaired) electrons. The molecule has 10 heteroatoms. The SMILES string of the molecule is CNC(=O)C1CN(C(=O)C(=O)N[C@H](C)c2nnc3n2CCCCC3)c2ccccc2O1. The zero-order valence-corrected chi connectivity index (χ0v) is 17.6. The van der Waals surface area contributed by atoms with E-state index in [1.54, 1.807) is 31.2 Å². The number of aryl methyl sites for hydroxylation is 1. The normalized spacial score (nSPS) is 18.6. The Morgan fingerprint density at radius 2 is 1.97 bits per heavy atom. The maximum absolute atomic E-state index is 13.0. The molecule has 1 unspecified atom stereocenters. The van der Waals surface area contributed by atoms with Gasteiger partial charge in [-0.1, -0.05) is 18.6 Å². The number of anilines is 1. The van der Waals surface area contributed by atoms with Gasteiger partial charge in [0.15, 0.2) is 11.9 Å². The number of fused-ring (bicyclic) bond motifs is 2. The Morgan fingerprint density at radius 1 is 1.16 bits per heavy atom. The van der Waals surface area contributed by atoms with Crippen molar-refractivity contribution in [3.63, 3.8) is 0 Å². The van der Waals surface area contributed by atoms with Gasteiger partial charge in [0.05, 0.1) is 18.3 Å². The van der Waals surface area contributed by atoms with Crippen molar-refractivity contribution in [2.24, 2.45) is 0 Å². The van der Waals surface area contributed by atoms with Crippen LogP contribution in [0.15, 0.2) is 24.3 Å². The minimum atomic E-state index is -0.902. The lowest BCUT2D eigenvalue weighted by Gasteiger charge is -2.33. The molecule has 2 N–H and O–H groups in total. The Hall–Kier alpha value is -3.43. The quantitative estimate of drug-likeness (QED) is 0.699. The molecule has 1 aromatic heterocycles. The van der Waals surface area contributed by atoms with Crippen LogP contribution in [0.4, 0.5) is 5.69 Å². The van der Waals surface area contributed by atoms with Gasteiger partial charge in [-0.2, -0.15) is 0 Å². The van der Waals surface area contributed by atoms with Crippen LogP contribution in [0.1, 0.15) is 43.9 Å². The Kier molecular flexibility index (Phi) is 5.88. The molecule has 31 heavy (non-hydrogen) atoms. The number of benzene rings is 1. The minimum Gasteiger partial charge on any atom is -0.477 e. The van der Waals surface area contributed by atoms with E-state index in [2.05, 4.69) is 20.8 Å². The van der Waals surface area contributed by atoms with Gasteiger partial charge in [0.1, 0.15) is 11.6 Å². The Morgan fingerprint density at radius 3 is 2.77 bits per heavy atom. The average molecular weight is 426 g/mol. The Balaban J connectivity index is 1.52. The van der Waals surface area contributed by atoms with Crippen molar-refractivity contribution in [2.75, 3.05) is 18.5 Å². The van der Waals surface area contributed by atoms with Crippen LogP contribution < -0.4 is 20.3 Å². The maximum atomic E-state index is 13.0. The molecule has 10 nitrogen and oxygen atoms in total. The molecule has 0 saturated heterocycles. The third-order valence-corrected chi connectivity index (χ3v) is 5.62. The van der Waals surface area contributed by atoms with Gasteiger partial charge in [0.25, 0.3) is 5.91 Å². The first-order chi connectivity index (χ1) is 15.0. The highest BCUT2D eigenvalue weighted by molar-refractivity contribution is 6.40. The number of carbonyl (C=O) groups excluding carboxylic acids is 3. The second-order valence-electron chi connectivity index (χ2n) is 7.74. The number of hydrogen-bond acceptors (Lipinski definition) is 6. The zero-order valence-electron chi connectivity index (χ0n) is 17.6. The van der Waals surface area contributed by atoms with Gasteiger partial charge in [0.2, 0.25) is 0 Å². The van der Waals surface area contributed by atoms with E-state index in [-0.39, 0.29) is 12.5 Å². The monoisotopic (exact) mass is 426 g/mol. The fourth-order valence-corrected chi connectivity index (χ4v) is 4.00. The predicted octanol–water partition coefficient (Wildman–Crippen LogP) is 0.722. The molecule has 0 spiro atoms. The molecule has 4 rings (SSSR count). The summed E-state index contributed by atoms with van der Waals surface area (Å²) in [6, 6.07) is 6.35. The molecule has 0 fully saturated rings. The molecule has 3 heterocycles. The molecule has 0 bridgehead atoms. The first kappa shape index (κ1) is 20.8. The lowest BCUT2D eigenvalue weighted by atomic mass is 10.1. The molecule has 0 saturated carbocycles. The number of para-hydroxylation sites is 2. The third kappa shape index (κ3) is 4.10. The molecular formula is C21H26N6O4. The fourth-order valence-electron chi connectivity index (χ4n) is 4.00. The van der Waals surface area contributed by atoms with Crippen LogP contribution in [0.5, 0.6) is 5.75 Å². The van der Waals surface area contributed by atoms with E-state index in [0.717, 1.165) is 38.1 Å². The molecule has 2 aliphatic rings. The van der Waals surface area contributed by atoms with E-state index in [4.69, 9.17) is 4.74 Å². The van der Waals surface area contributed by atoms with Gasteiger partial charge in [-0.3, -0.25) is 19.3 Å². The minimum absolute atomic E-state index is 0.0579. The van der Waals surface area contributed by atoms with Gasteiger partial charge >= 0.3 is 11.8 Å². The molecule has 2 aromatic rings. The number of likely N-dealkylation sites (N-methyl/N-ethyl adjacent to an activating group) is 1. The van der Waals surface area contributed by atoms with Crippen LogP contribution in [0.3, 0.4) is 0 Å². The standard InChI is InChI=1S/C21H26N6O4/c1-13(18-25-24-17-10-4-3-7-11-26(17)18)23-20(29)21(30)27-12-16(19(28)22-2)31-15-9-6-5-8-14(15)27/h5-6,8-9,13,16H,3-4,7,10-12H2,1-2H3,(H,22,28)(H,23,29)/t13-,16?/m1/s1. The van der Waals surface area contributed by atoms with E-state index >= 15 is 0 Å². The summed E-state index contributed by atoms with van der Waals surface area (Å²) in [5, 5.41) is 13.8. The second kappa shape index (κ2) is 8.75. The van der Waals surface area contributed by atoms with E-state index in [0.29, 0.717) is 17.3 Å². The zero-order chi connectivity index (χ0) is 22.0. The van der Waals surface area contributed by atoms with Crippen LogP contribution >= 0.6 is 0 Å². The fraction of sp³-hybridized carbons (Fsp3) is 0.476. The first-order valence-electron chi connectivity index (χ1n) is 10.5. The van der Waals surface area contributed by atoms with Crippen molar-refractivity contribution in [3.05, 3.63) is 35.9 Å². The summed E-state index contributed by atoms with van der Waals surface area (Å²) < 4.78 is 7.74. The van der Waals surface area contributed by atoms with E-state index < -0.39 is 24.0 Å². The smallest absolute Gasteiger partial charge is 0.316 e. The molecule has 1 aromatic carbocycles. The number of carbonyl (C=O) groups is 3. The number of hydrogen-bond donors (Lipinski definition) is 2. The number of amides is 3. The topological polar surface area (TPSA) is 118 Å². The van der Waals surface area contributed by atoms with Crippen molar-refractivity contribution >= 4 is 23.4 Å². The molecule has 2 atom stereocenters. The lowest BCUT2D eigenvalue weighted by molar-refractivity contribution is -0.138. The van der Waals surface area contributed by atoms with Crippen LogP contribution in [0.2, 0.25) is 0 Å². The second-order valence-corrected chi connectivity index (χ2v) is 7.74. The molecule has 0 aliphatic carbocycles. The molecule has 164 valence electrons. The number of ether oxygens (including phenoxy) is 1. The van der Waals surface area contributed by atoms with Gasteiger partial charge in [-0.05, 0) is 31.9 Å². The predicted molar refractivity (Wildman–Crippen MR) is 111 cm³/mol. The van der Waals surface area contributed by atoms with Crippen molar-refractivity contribution < 1.29 is 19.1 Å². The van der Waals surface area contributed by atoms with Gasteiger partial charge in [-0.25, -0.2) is 0 Å². The summed E-state index contributed by atoms with van der Waals surface area (Å²) in [5.74, 6) is 0.0311. The summed E-state index contributed by atoms with van der Waals surface area (Å²) in [5.41, 5.74) is 0.451. The van der Waals surface area contributed by atoms with Crippen LogP contribution in [0, 0.1) is 0 Å². The molecule has 3 amide bonds. The number of nitrogens with zero attached hydrogens (tertiary/aromatic N) is 4. The molecule has 2 aliphatic heterocycles. The van der Waals surface area contributed by atoms with E-state index in [9.17, 15) is 14.4 Å². The third-order valence-electron chi connectivity index (χ3n) is 5.62. The number of rotatable bonds is 3. The highest BCUT2D eigenvalue weighted by atomic mass is 16.5. The summed E-state index contributed by atoms with van der Waals surface area (Å²) in [4.78, 5) is 39.3. The largest absolute Gasteiger partial charge is 0.477 e. The van der Waals surface area contributed by atoms with Gasteiger partial charge in [0, 0.05) is 20.0 Å². The van der Waals surface area contributed by atoms with Gasteiger partial charge < -0.3 is 19.9 Å². The first-order valence-corrected chi connectivity index (χ1v) is 10.5. The van der Waals surface area contributed by atoms with Crippen molar-refractivity contribution in [1.29, 1.82) is 0 Å². The number of nitrogens with one attached hydrogen (secondary N) is 2. The summed E-state index contributed by atoms with van der Waals surface area (Å²) >= 11 is 0. The Labute approximate surface area is 180 Å². The summed E-state index contributed by atoms with van der Waals surface area (Å²) in [6.07, 6.45) is 3.19. The van der Waals surface area contributed by atoms with Crippen molar-refractivity contribution in [2.45, 2.75) is 51.3 Å². The van der Waals surface area contributed by atoms with E-state index in [1.165, 1.54) is 11.9 Å². The van der Waals surface area contributed by atoms with Crippen molar-refractivity contribution in [3.8, 4) is 5.75 Å². The highest BCUT2D eigenvalue weighted by Gasteiger charge is 2.36. The number of aromatic nitrogens is 3. The van der Waals surface area contributed by atoms with Crippen LogP contribution in [-0.4, -0.2) is 52.2 Å². The summed E-state index contributed by atoms with van der Waals surface area (Å²) in [7, 11) is 1.49.